The van der Waals surface area contributed by atoms with Gasteiger partial charge >= 0.3 is 0 Å². The molecule has 1 fully saturated rings. The Labute approximate surface area is 136 Å². The largest absolute Gasteiger partial charge is 0.359 e. The molecule has 0 unspecified atom stereocenters. The summed E-state index contributed by atoms with van der Waals surface area (Å²) in [4.78, 5) is 6.22. The molecule has 1 aromatic heterocycles. The van der Waals surface area contributed by atoms with Gasteiger partial charge in [-0.15, -0.1) is 0 Å². The van der Waals surface area contributed by atoms with Crippen LogP contribution in [0.3, 0.4) is 0 Å². The number of nitriles is 1. The first-order valence-corrected chi connectivity index (χ1v) is 8.16. The molecule has 2 aliphatic carbocycles. The summed E-state index contributed by atoms with van der Waals surface area (Å²) in [6, 6.07) is 6.61. The predicted octanol–water partition coefficient (Wildman–Crippen LogP) is 2.64. The van der Waals surface area contributed by atoms with Gasteiger partial charge in [0, 0.05) is 31.5 Å². The third kappa shape index (κ3) is 3.45. The molecule has 1 aromatic rings. The number of nitrogens with one attached hydrogen (secondary N) is 1. The van der Waals surface area contributed by atoms with Gasteiger partial charge in [0.05, 0.1) is 12.5 Å². The number of nitrogens with zero attached hydrogens (tertiary/aromatic N) is 3. The Hall–Kier alpha value is -1.93. The van der Waals surface area contributed by atoms with E-state index in [4.69, 9.17) is 17.5 Å². The van der Waals surface area contributed by atoms with Gasteiger partial charge in [-0.1, -0.05) is 18.2 Å². The van der Waals surface area contributed by atoms with Gasteiger partial charge in [0.15, 0.2) is 5.11 Å². The molecule has 5 heteroatoms. The number of rotatable bonds is 5. The fourth-order valence-electron chi connectivity index (χ4n) is 3.35. The van der Waals surface area contributed by atoms with Crippen LogP contribution in [0.25, 0.3) is 0 Å². The zero-order valence-corrected chi connectivity index (χ0v) is 13.3. The molecule has 114 valence electrons. The predicted molar refractivity (Wildman–Crippen MR) is 89.8 cm³/mol. The van der Waals surface area contributed by atoms with Crippen LogP contribution in [-0.2, 0) is 6.54 Å². The number of hydrogen-bond acceptors (Lipinski definition) is 3. The lowest BCUT2D eigenvalue weighted by molar-refractivity contribution is 0.395. The van der Waals surface area contributed by atoms with Crippen molar-refractivity contribution in [2.75, 3.05) is 6.54 Å². The van der Waals surface area contributed by atoms with Crippen LogP contribution in [0.5, 0.6) is 0 Å². The standard InChI is InChI=1S/C17H20N4S/c18-6-2-8-21(12-14-3-1-7-19-11-14)17(22)20-16-10-13-4-5-15(16)9-13/h1,3-5,7,11,13,15-16H,2,8-10,12H2,(H,20,22)/t13-,15-,16-/m0/s1. The highest BCUT2D eigenvalue weighted by atomic mass is 32.1. The number of allylic oxidation sites excluding steroid dienone is 1. The van der Waals surface area contributed by atoms with E-state index in [1.165, 1.54) is 12.8 Å². The summed E-state index contributed by atoms with van der Waals surface area (Å²) in [6.45, 7) is 1.34. The van der Waals surface area contributed by atoms with E-state index in [1.54, 1.807) is 6.20 Å². The SMILES string of the molecule is N#CCCN(Cc1cccnc1)C(=S)N[C@H]1C[C@H]2C=C[C@H]1C2. The maximum absolute atomic E-state index is 8.87. The van der Waals surface area contributed by atoms with Gasteiger partial charge < -0.3 is 10.2 Å². The molecule has 2 aliphatic rings. The molecule has 4 nitrogen and oxygen atoms in total. The van der Waals surface area contributed by atoms with E-state index in [0.717, 1.165) is 16.6 Å². The van der Waals surface area contributed by atoms with E-state index < -0.39 is 0 Å². The normalized spacial score (nSPS) is 25.0. The van der Waals surface area contributed by atoms with Gasteiger partial charge in [-0.2, -0.15) is 5.26 Å². The zero-order valence-electron chi connectivity index (χ0n) is 12.5. The van der Waals surface area contributed by atoms with Crippen molar-refractivity contribution in [3.63, 3.8) is 0 Å². The van der Waals surface area contributed by atoms with E-state index >= 15 is 0 Å². The highest BCUT2D eigenvalue weighted by Crippen LogP contribution is 2.39. The van der Waals surface area contributed by atoms with Gasteiger partial charge in [-0.25, -0.2) is 0 Å². The number of thiocarbonyl (C=S) groups is 1. The molecular weight excluding hydrogens is 292 g/mol. The van der Waals surface area contributed by atoms with Crippen molar-refractivity contribution in [2.24, 2.45) is 11.8 Å². The minimum Gasteiger partial charge on any atom is -0.359 e. The Morgan fingerprint density at radius 1 is 1.45 bits per heavy atom. The van der Waals surface area contributed by atoms with Gasteiger partial charge in [0.25, 0.3) is 0 Å². The number of pyridine rings is 1. The molecule has 3 atom stereocenters. The maximum Gasteiger partial charge on any atom is 0.169 e. The summed E-state index contributed by atoms with van der Waals surface area (Å²) >= 11 is 5.60. The van der Waals surface area contributed by atoms with Gasteiger partial charge in [0.2, 0.25) is 0 Å². The van der Waals surface area contributed by atoms with Gasteiger partial charge in [-0.05, 0) is 48.5 Å². The Bertz CT molecular complexity index is 592. The van der Waals surface area contributed by atoms with E-state index in [1.807, 2.05) is 18.3 Å². The third-order valence-corrected chi connectivity index (χ3v) is 4.84. The number of hydrogen-bond donors (Lipinski definition) is 1. The first kappa shape index (κ1) is 15.0. The molecule has 0 radical (unpaired) electrons. The summed E-state index contributed by atoms with van der Waals surface area (Å²) in [5.74, 6) is 1.33. The fraction of sp³-hybridized carbons (Fsp3) is 0.471. The topological polar surface area (TPSA) is 52.0 Å². The molecule has 0 saturated heterocycles. The second kappa shape index (κ2) is 6.89. The first-order valence-electron chi connectivity index (χ1n) is 7.76. The van der Waals surface area contributed by atoms with Crippen LogP contribution in [0.1, 0.15) is 24.8 Å². The molecule has 0 amide bonds. The molecule has 0 aromatic carbocycles. The van der Waals surface area contributed by atoms with E-state index in [9.17, 15) is 0 Å². The van der Waals surface area contributed by atoms with E-state index in [-0.39, 0.29) is 0 Å². The van der Waals surface area contributed by atoms with Crippen molar-refractivity contribution in [1.82, 2.24) is 15.2 Å². The molecular formula is C17H20N4S. The van der Waals surface area contributed by atoms with Crippen LogP contribution in [0, 0.1) is 23.2 Å². The Kier molecular flexibility index (Phi) is 4.69. The Balaban J connectivity index is 1.62. The highest BCUT2D eigenvalue weighted by Gasteiger charge is 2.36. The second-order valence-corrected chi connectivity index (χ2v) is 6.41. The smallest absolute Gasteiger partial charge is 0.169 e. The molecule has 0 aliphatic heterocycles. The lowest BCUT2D eigenvalue weighted by Crippen LogP contribution is -2.46. The summed E-state index contributed by atoms with van der Waals surface area (Å²) in [6.07, 6.45) is 11.1. The highest BCUT2D eigenvalue weighted by molar-refractivity contribution is 7.80. The molecule has 22 heavy (non-hydrogen) atoms. The monoisotopic (exact) mass is 312 g/mol. The lowest BCUT2D eigenvalue weighted by Gasteiger charge is -2.29. The van der Waals surface area contributed by atoms with Crippen LogP contribution in [0.2, 0.25) is 0 Å². The van der Waals surface area contributed by atoms with Crippen molar-refractivity contribution >= 4 is 17.3 Å². The van der Waals surface area contributed by atoms with E-state index in [0.29, 0.717) is 31.5 Å². The van der Waals surface area contributed by atoms with Crippen LogP contribution >= 0.6 is 12.2 Å². The summed E-state index contributed by atoms with van der Waals surface area (Å²) in [5, 5.41) is 13.1. The average Bonchev–Trinajstić information content (AvgIpc) is 3.15. The number of fused-ring (bicyclic) bond motifs is 2. The molecule has 2 bridgehead atoms. The fourth-order valence-corrected chi connectivity index (χ4v) is 3.65. The van der Waals surface area contributed by atoms with Crippen LogP contribution in [0.4, 0.5) is 0 Å². The van der Waals surface area contributed by atoms with Crippen molar-refractivity contribution in [2.45, 2.75) is 31.8 Å². The van der Waals surface area contributed by atoms with Crippen molar-refractivity contribution < 1.29 is 0 Å². The van der Waals surface area contributed by atoms with E-state index in [2.05, 4.69) is 33.4 Å². The summed E-state index contributed by atoms with van der Waals surface area (Å²) in [7, 11) is 0. The van der Waals surface area contributed by atoms with Gasteiger partial charge in [-0.3, -0.25) is 4.98 Å². The number of aromatic nitrogens is 1. The van der Waals surface area contributed by atoms with Crippen LogP contribution in [-0.4, -0.2) is 27.6 Å². The van der Waals surface area contributed by atoms with Crippen LogP contribution in [0.15, 0.2) is 36.7 Å². The first-order chi connectivity index (χ1) is 10.8. The molecule has 0 spiro atoms. The average molecular weight is 312 g/mol. The van der Waals surface area contributed by atoms with Crippen molar-refractivity contribution in [3.05, 3.63) is 42.2 Å². The van der Waals surface area contributed by atoms with Crippen molar-refractivity contribution in [1.29, 1.82) is 5.26 Å². The quantitative estimate of drug-likeness (QED) is 0.669. The zero-order chi connectivity index (χ0) is 15.4. The van der Waals surface area contributed by atoms with Gasteiger partial charge in [0.1, 0.15) is 0 Å². The molecule has 1 saturated carbocycles. The minimum atomic E-state index is 0.445. The molecule has 3 rings (SSSR count). The van der Waals surface area contributed by atoms with Crippen molar-refractivity contribution in [3.8, 4) is 6.07 Å². The minimum absolute atomic E-state index is 0.445. The summed E-state index contributed by atoms with van der Waals surface area (Å²) < 4.78 is 0. The third-order valence-electron chi connectivity index (χ3n) is 4.46. The Morgan fingerprint density at radius 3 is 3.00 bits per heavy atom. The molecule has 1 heterocycles. The van der Waals surface area contributed by atoms with Crippen LogP contribution < -0.4 is 5.32 Å². The Morgan fingerprint density at radius 2 is 2.36 bits per heavy atom. The lowest BCUT2D eigenvalue weighted by atomic mass is 10.0. The second-order valence-electron chi connectivity index (χ2n) is 6.03. The summed E-state index contributed by atoms with van der Waals surface area (Å²) in [5.41, 5.74) is 1.11. The molecule has 1 N–H and O–H groups in total. The maximum atomic E-state index is 8.87.